The van der Waals surface area contributed by atoms with Crippen LogP contribution in [0.4, 0.5) is 13.2 Å². The van der Waals surface area contributed by atoms with Gasteiger partial charge in [-0.15, -0.1) is 0 Å². The van der Waals surface area contributed by atoms with Crippen molar-refractivity contribution in [3.05, 3.63) is 30.3 Å². The van der Waals surface area contributed by atoms with Crippen molar-refractivity contribution in [3.8, 4) is 5.75 Å². The maximum absolute atomic E-state index is 12.2. The minimum atomic E-state index is -4.43. The van der Waals surface area contributed by atoms with Crippen LogP contribution >= 0.6 is 0 Å². The van der Waals surface area contributed by atoms with Crippen LogP contribution < -0.4 is 4.74 Å². The summed E-state index contributed by atoms with van der Waals surface area (Å²) in [5, 5.41) is 8.55. The van der Waals surface area contributed by atoms with Gasteiger partial charge in [0.05, 0.1) is 13.1 Å². The van der Waals surface area contributed by atoms with E-state index in [1.54, 1.807) is 30.3 Å². The Hall–Kier alpha value is -1.76. The van der Waals surface area contributed by atoms with E-state index in [-0.39, 0.29) is 13.2 Å². The maximum Gasteiger partial charge on any atom is 0.401 e. The molecule has 0 amide bonds. The first kappa shape index (κ1) is 15.3. The lowest BCUT2D eigenvalue weighted by molar-refractivity contribution is -0.154. The lowest BCUT2D eigenvalue weighted by Gasteiger charge is -2.21. The van der Waals surface area contributed by atoms with E-state index >= 15 is 0 Å². The van der Waals surface area contributed by atoms with Crippen LogP contribution in [0.1, 0.15) is 0 Å². The van der Waals surface area contributed by atoms with Gasteiger partial charge in [0, 0.05) is 6.54 Å². The Morgan fingerprint density at radius 2 is 1.89 bits per heavy atom. The van der Waals surface area contributed by atoms with Crippen molar-refractivity contribution in [1.82, 2.24) is 4.90 Å². The molecule has 0 heterocycles. The third-order valence-electron chi connectivity index (χ3n) is 2.18. The molecule has 0 spiro atoms. The molecule has 1 aromatic rings. The maximum atomic E-state index is 12.2. The summed E-state index contributed by atoms with van der Waals surface area (Å²) in [5.74, 6) is -0.770. The summed E-state index contributed by atoms with van der Waals surface area (Å²) in [6, 6.07) is 8.60. The number of carboxylic acid groups (broad SMARTS) is 1. The molecule has 0 aliphatic heterocycles. The second kappa shape index (κ2) is 6.98. The number of nitrogens with zero attached hydrogens (tertiary/aromatic N) is 1. The predicted octanol–water partition coefficient (Wildman–Crippen LogP) is 2.01. The summed E-state index contributed by atoms with van der Waals surface area (Å²) in [4.78, 5) is 11.3. The number of aliphatic carboxylic acids is 1. The SMILES string of the molecule is O=C(O)CN(CCOc1ccccc1)CC(F)(F)F. The number of para-hydroxylation sites is 1. The van der Waals surface area contributed by atoms with Gasteiger partial charge in [-0.1, -0.05) is 18.2 Å². The lowest BCUT2D eigenvalue weighted by Crippen LogP contribution is -2.40. The van der Waals surface area contributed by atoms with Gasteiger partial charge >= 0.3 is 12.1 Å². The van der Waals surface area contributed by atoms with E-state index in [0.717, 1.165) is 4.90 Å². The highest BCUT2D eigenvalue weighted by molar-refractivity contribution is 5.69. The van der Waals surface area contributed by atoms with Crippen molar-refractivity contribution >= 4 is 5.97 Å². The first-order valence-electron chi connectivity index (χ1n) is 5.55. The van der Waals surface area contributed by atoms with Crippen molar-refractivity contribution in [1.29, 1.82) is 0 Å². The van der Waals surface area contributed by atoms with Gasteiger partial charge in [0.1, 0.15) is 12.4 Å². The van der Waals surface area contributed by atoms with E-state index in [9.17, 15) is 18.0 Å². The van der Waals surface area contributed by atoms with Gasteiger partial charge in [-0.3, -0.25) is 9.69 Å². The minimum absolute atomic E-state index is 0.00657. The summed E-state index contributed by atoms with van der Waals surface area (Å²) in [7, 11) is 0. The van der Waals surface area contributed by atoms with Crippen LogP contribution in [0.5, 0.6) is 5.75 Å². The number of halogens is 3. The number of hydrogen-bond donors (Lipinski definition) is 1. The Morgan fingerprint density at radius 3 is 2.42 bits per heavy atom. The normalized spacial score (nSPS) is 11.6. The highest BCUT2D eigenvalue weighted by Gasteiger charge is 2.31. The van der Waals surface area contributed by atoms with Gasteiger partial charge < -0.3 is 9.84 Å². The van der Waals surface area contributed by atoms with Crippen LogP contribution in [0.3, 0.4) is 0 Å². The number of rotatable bonds is 7. The molecule has 0 aliphatic rings. The van der Waals surface area contributed by atoms with Crippen molar-refractivity contribution < 1.29 is 27.8 Å². The molecule has 1 rings (SSSR count). The van der Waals surface area contributed by atoms with E-state index in [1.165, 1.54) is 0 Å². The van der Waals surface area contributed by atoms with Crippen molar-refractivity contribution in [2.75, 3.05) is 26.2 Å². The highest BCUT2D eigenvalue weighted by Crippen LogP contribution is 2.16. The van der Waals surface area contributed by atoms with E-state index in [0.29, 0.717) is 5.75 Å². The third-order valence-corrected chi connectivity index (χ3v) is 2.18. The van der Waals surface area contributed by atoms with Gasteiger partial charge in [0.25, 0.3) is 0 Å². The molecule has 106 valence electrons. The standard InChI is InChI=1S/C12H14F3NO3/c13-12(14,15)9-16(8-11(17)18)6-7-19-10-4-2-1-3-5-10/h1-5H,6-9H2,(H,17,18). The zero-order chi connectivity index (χ0) is 14.3. The molecule has 0 unspecified atom stereocenters. The second-order valence-electron chi connectivity index (χ2n) is 3.88. The highest BCUT2D eigenvalue weighted by atomic mass is 19.4. The zero-order valence-electron chi connectivity index (χ0n) is 10.1. The molecule has 0 aliphatic carbocycles. The molecule has 0 fully saturated rings. The molecular formula is C12H14F3NO3. The molecule has 0 radical (unpaired) electrons. The summed E-state index contributed by atoms with van der Waals surface area (Å²) in [6.07, 6.45) is -4.43. The molecule has 7 heteroatoms. The van der Waals surface area contributed by atoms with Gasteiger partial charge in [-0.2, -0.15) is 13.2 Å². The number of ether oxygens (including phenoxy) is 1. The Kier molecular flexibility index (Phi) is 5.62. The Morgan fingerprint density at radius 1 is 1.26 bits per heavy atom. The van der Waals surface area contributed by atoms with E-state index in [2.05, 4.69) is 0 Å². The molecule has 0 bridgehead atoms. The van der Waals surface area contributed by atoms with E-state index < -0.39 is 25.2 Å². The summed E-state index contributed by atoms with van der Waals surface area (Å²) in [6.45, 7) is -2.05. The molecule has 1 N–H and O–H groups in total. The van der Waals surface area contributed by atoms with Crippen LogP contribution in [0.15, 0.2) is 30.3 Å². The summed E-state index contributed by atoms with van der Waals surface area (Å²) >= 11 is 0. The molecule has 0 saturated carbocycles. The quantitative estimate of drug-likeness (QED) is 0.828. The second-order valence-corrected chi connectivity index (χ2v) is 3.88. The van der Waals surface area contributed by atoms with Crippen LogP contribution in [-0.4, -0.2) is 48.4 Å². The van der Waals surface area contributed by atoms with Gasteiger partial charge in [-0.25, -0.2) is 0 Å². The topological polar surface area (TPSA) is 49.8 Å². The minimum Gasteiger partial charge on any atom is -0.492 e. The number of alkyl halides is 3. The molecule has 0 saturated heterocycles. The number of benzene rings is 1. The average molecular weight is 277 g/mol. The van der Waals surface area contributed by atoms with Crippen LogP contribution in [0, 0.1) is 0 Å². The summed E-state index contributed by atoms with van der Waals surface area (Å²) < 4.78 is 41.9. The van der Waals surface area contributed by atoms with Crippen LogP contribution in [-0.2, 0) is 4.79 Å². The molecule has 19 heavy (non-hydrogen) atoms. The number of carboxylic acids is 1. The Labute approximate surface area is 108 Å². The fourth-order valence-electron chi connectivity index (χ4n) is 1.47. The molecule has 1 aromatic carbocycles. The van der Waals surface area contributed by atoms with Crippen molar-refractivity contribution in [2.45, 2.75) is 6.18 Å². The van der Waals surface area contributed by atoms with Crippen LogP contribution in [0.25, 0.3) is 0 Å². The van der Waals surface area contributed by atoms with Crippen molar-refractivity contribution in [2.24, 2.45) is 0 Å². The summed E-state index contributed by atoms with van der Waals surface area (Å²) in [5.41, 5.74) is 0. The van der Waals surface area contributed by atoms with Crippen molar-refractivity contribution in [3.63, 3.8) is 0 Å². The third kappa shape index (κ3) is 7.30. The fourth-order valence-corrected chi connectivity index (χ4v) is 1.47. The molecule has 0 aromatic heterocycles. The van der Waals surface area contributed by atoms with Gasteiger partial charge in [-0.05, 0) is 12.1 Å². The smallest absolute Gasteiger partial charge is 0.401 e. The Balaban J connectivity index is 2.42. The van der Waals surface area contributed by atoms with Crippen LogP contribution in [0.2, 0.25) is 0 Å². The molecular weight excluding hydrogens is 263 g/mol. The molecule has 0 atom stereocenters. The Bertz CT molecular complexity index is 395. The first-order chi connectivity index (χ1) is 8.87. The first-order valence-corrected chi connectivity index (χ1v) is 5.55. The largest absolute Gasteiger partial charge is 0.492 e. The average Bonchev–Trinajstić information content (AvgIpc) is 2.27. The number of carbonyl (C=O) groups is 1. The monoisotopic (exact) mass is 277 g/mol. The van der Waals surface area contributed by atoms with E-state index in [1.807, 2.05) is 0 Å². The lowest BCUT2D eigenvalue weighted by atomic mass is 10.3. The zero-order valence-corrected chi connectivity index (χ0v) is 10.1. The van der Waals surface area contributed by atoms with Gasteiger partial charge in [0.2, 0.25) is 0 Å². The van der Waals surface area contributed by atoms with E-state index in [4.69, 9.17) is 9.84 Å². The predicted molar refractivity (Wildman–Crippen MR) is 62.1 cm³/mol. The molecule has 4 nitrogen and oxygen atoms in total. The van der Waals surface area contributed by atoms with Gasteiger partial charge in [0.15, 0.2) is 0 Å². The number of hydrogen-bond acceptors (Lipinski definition) is 3. The fraction of sp³-hybridized carbons (Fsp3) is 0.417.